The summed E-state index contributed by atoms with van der Waals surface area (Å²) in [5, 5.41) is 0. The van der Waals surface area contributed by atoms with Crippen LogP contribution in [0, 0.1) is 20.8 Å². The second kappa shape index (κ2) is 6.04. The van der Waals surface area contributed by atoms with Crippen molar-refractivity contribution in [3.8, 4) is 0 Å². The van der Waals surface area contributed by atoms with Crippen LogP contribution in [0.25, 0.3) is 0 Å². The standard InChI is InChI=1S/C16H17F2NO2S/c1-11-4-7-14(8-5-11)22(20,21)19(16(17)18)15-9-6-12(2)10-13(15)3/h4-10,16H,1-3H3. The zero-order valence-electron chi connectivity index (χ0n) is 12.5. The molecule has 0 atom stereocenters. The number of sulfonamides is 1. The van der Waals surface area contributed by atoms with Gasteiger partial charge in [-0.3, -0.25) is 0 Å². The number of halogens is 2. The molecule has 0 saturated carbocycles. The lowest BCUT2D eigenvalue weighted by atomic mass is 10.1. The number of hydrogen-bond donors (Lipinski definition) is 0. The molecular formula is C16H17F2NO2S. The van der Waals surface area contributed by atoms with E-state index in [0.717, 1.165) is 11.1 Å². The van der Waals surface area contributed by atoms with E-state index >= 15 is 0 Å². The lowest BCUT2D eigenvalue weighted by molar-refractivity contribution is 0.162. The van der Waals surface area contributed by atoms with Crippen LogP contribution in [0.15, 0.2) is 47.4 Å². The second-order valence-corrected chi connectivity index (χ2v) is 7.00. The lowest BCUT2D eigenvalue weighted by Gasteiger charge is -2.25. The third-order valence-corrected chi connectivity index (χ3v) is 5.09. The van der Waals surface area contributed by atoms with E-state index < -0.39 is 16.6 Å². The Morgan fingerprint density at radius 1 is 0.909 bits per heavy atom. The monoisotopic (exact) mass is 325 g/mol. The third-order valence-electron chi connectivity index (χ3n) is 3.34. The maximum atomic E-state index is 13.5. The fourth-order valence-corrected chi connectivity index (χ4v) is 3.60. The van der Waals surface area contributed by atoms with Gasteiger partial charge in [0.25, 0.3) is 10.0 Å². The first-order chi connectivity index (χ1) is 10.2. The van der Waals surface area contributed by atoms with E-state index in [0.29, 0.717) is 5.56 Å². The Bertz CT molecular complexity index is 771. The molecule has 0 aliphatic heterocycles. The van der Waals surface area contributed by atoms with E-state index in [2.05, 4.69) is 0 Å². The molecule has 0 N–H and O–H groups in total. The molecule has 0 saturated heterocycles. The quantitative estimate of drug-likeness (QED) is 0.796. The minimum absolute atomic E-state index is 0.0128. The normalized spacial score (nSPS) is 11.7. The molecule has 0 heterocycles. The van der Waals surface area contributed by atoms with Crippen molar-refractivity contribution in [1.82, 2.24) is 0 Å². The smallest absolute Gasteiger partial charge is 0.206 e. The first kappa shape index (κ1) is 16.4. The van der Waals surface area contributed by atoms with Crippen molar-refractivity contribution in [1.29, 1.82) is 0 Å². The minimum Gasteiger partial charge on any atom is -0.206 e. The summed E-state index contributed by atoms with van der Waals surface area (Å²) in [5.41, 5.74) is 2.20. The van der Waals surface area contributed by atoms with Gasteiger partial charge in [0, 0.05) is 0 Å². The van der Waals surface area contributed by atoms with Crippen molar-refractivity contribution in [2.24, 2.45) is 0 Å². The molecule has 22 heavy (non-hydrogen) atoms. The second-order valence-electron chi connectivity index (χ2n) is 5.18. The highest BCUT2D eigenvalue weighted by Gasteiger charge is 2.32. The summed E-state index contributed by atoms with van der Waals surface area (Å²) < 4.78 is 52.3. The average Bonchev–Trinajstić information content (AvgIpc) is 2.41. The molecule has 0 unspecified atom stereocenters. The molecule has 0 amide bonds. The molecule has 0 aromatic heterocycles. The summed E-state index contributed by atoms with van der Waals surface area (Å²) in [7, 11) is -4.32. The molecule has 0 radical (unpaired) electrons. The van der Waals surface area contributed by atoms with Gasteiger partial charge in [0.1, 0.15) is 0 Å². The van der Waals surface area contributed by atoms with Crippen molar-refractivity contribution < 1.29 is 17.2 Å². The van der Waals surface area contributed by atoms with E-state index in [-0.39, 0.29) is 14.9 Å². The highest BCUT2D eigenvalue weighted by atomic mass is 32.2. The van der Waals surface area contributed by atoms with Crippen LogP contribution in [0.1, 0.15) is 16.7 Å². The first-order valence-electron chi connectivity index (χ1n) is 6.70. The molecule has 2 aromatic carbocycles. The number of benzene rings is 2. The van der Waals surface area contributed by atoms with E-state index in [4.69, 9.17) is 0 Å². The zero-order chi connectivity index (χ0) is 16.5. The van der Waals surface area contributed by atoms with Crippen molar-refractivity contribution >= 4 is 15.7 Å². The summed E-state index contributed by atoms with van der Waals surface area (Å²) in [5.74, 6) is 0. The van der Waals surface area contributed by atoms with Gasteiger partial charge < -0.3 is 0 Å². The van der Waals surface area contributed by atoms with Gasteiger partial charge in [-0.05, 0) is 44.5 Å². The van der Waals surface area contributed by atoms with Gasteiger partial charge in [0.2, 0.25) is 0 Å². The van der Waals surface area contributed by atoms with E-state index in [1.54, 1.807) is 38.1 Å². The van der Waals surface area contributed by atoms with Crippen LogP contribution in [-0.4, -0.2) is 15.0 Å². The van der Waals surface area contributed by atoms with E-state index in [1.807, 2.05) is 6.92 Å². The highest BCUT2D eigenvalue weighted by Crippen LogP contribution is 2.30. The Morgan fingerprint density at radius 2 is 1.45 bits per heavy atom. The number of hydrogen-bond acceptors (Lipinski definition) is 2. The topological polar surface area (TPSA) is 37.4 Å². The number of rotatable bonds is 4. The Balaban J connectivity index is 2.58. The number of alkyl halides is 2. The van der Waals surface area contributed by atoms with Crippen LogP contribution >= 0.6 is 0 Å². The Morgan fingerprint density at radius 3 is 1.95 bits per heavy atom. The molecule has 0 fully saturated rings. The zero-order valence-corrected chi connectivity index (χ0v) is 13.4. The summed E-state index contributed by atoms with van der Waals surface area (Å²) >= 11 is 0. The first-order valence-corrected chi connectivity index (χ1v) is 8.14. The highest BCUT2D eigenvalue weighted by molar-refractivity contribution is 7.92. The van der Waals surface area contributed by atoms with Crippen LogP contribution in [-0.2, 0) is 10.0 Å². The van der Waals surface area contributed by atoms with Crippen molar-refractivity contribution in [2.45, 2.75) is 32.2 Å². The number of aryl methyl sites for hydroxylation is 3. The van der Waals surface area contributed by atoms with Crippen LogP contribution in [0.4, 0.5) is 14.5 Å². The van der Waals surface area contributed by atoms with Gasteiger partial charge in [-0.15, -0.1) is 0 Å². The van der Waals surface area contributed by atoms with Crippen molar-refractivity contribution in [3.05, 3.63) is 59.2 Å². The predicted molar refractivity (Wildman–Crippen MR) is 82.8 cm³/mol. The summed E-state index contributed by atoms with van der Waals surface area (Å²) in [6.45, 7) is 2.07. The van der Waals surface area contributed by atoms with E-state index in [1.165, 1.54) is 18.2 Å². The molecule has 2 rings (SSSR count). The van der Waals surface area contributed by atoms with Crippen molar-refractivity contribution in [3.63, 3.8) is 0 Å². The van der Waals surface area contributed by atoms with Crippen LogP contribution in [0.3, 0.4) is 0 Å². The number of nitrogens with zero attached hydrogens (tertiary/aromatic N) is 1. The van der Waals surface area contributed by atoms with Gasteiger partial charge in [-0.1, -0.05) is 35.4 Å². The Labute approximate surface area is 129 Å². The van der Waals surface area contributed by atoms with Gasteiger partial charge in [0.15, 0.2) is 0 Å². The lowest BCUT2D eigenvalue weighted by Crippen LogP contribution is -2.36. The SMILES string of the molecule is Cc1ccc(S(=O)(=O)N(c2ccc(C)cc2C)C(F)F)cc1. The molecule has 2 aromatic rings. The molecule has 0 spiro atoms. The van der Waals surface area contributed by atoms with Crippen molar-refractivity contribution in [2.75, 3.05) is 4.31 Å². The number of anilines is 1. The van der Waals surface area contributed by atoms with Crippen LogP contribution in [0.2, 0.25) is 0 Å². The Hall–Kier alpha value is -1.95. The van der Waals surface area contributed by atoms with Gasteiger partial charge in [-0.25, -0.2) is 12.7 Å². The summed E-state index contributed by atoms with van der Waals surface area (Å²) in [4.78, 5) is -0.154. The van der Waals surface area contributed by atoms with Gasteiger partial charge in [-0.2, -0.15) is 8.78 Å². The summed E-state index contributed by atoms with van der Waals surface area (Å²) in [6.07, 6.45) is 0. The van der Waals surface area contributed by atoms with Crippen LogP contribution < -0.4 is 4.31 Å². The fourth-order valence-electron chi connectivity index (χ4n) is 2.22. The largest absolute Gasteiger partial charge is 0.328 e. The fraction of sp³-hybridized carbons (Fsp3) is 0.250. The Kier molecular flexibility index (Phi) is 4.51. The average molecular weight is 325 g/mol. The molecule has 0 aliphatic carbocycles. The van der Waals surface area contributed by atoms with E-state index in [9.17, 15) is 17.2 Å². The predicted octanol–water partition coefficient (Wildman–Crippen LogP) is 4.03. The maximum absolute atomic E-state index is 13.5. The van der Waals surface area contributed by atoms with Gasteiger partial charge in [0.05, 0.1) is 10.6 Å². The van der Waals surface area contributed by atoms with Gasteiger partial charge >= 0.3 is 6.55 Å². The molecule has 0 aliphatic rings. The third kappa shape index (κ3) is 3.11. The molecule has 0 bridgehead atoms. The molecule has 118 valence electrons. The maximum Gasteiger partial charge on any atom is 0.328 e. The minimum atomic E-state index is -4.32. The molecule has 3 nitrogen and oxygen atoms in total. The summed E-state index contributed by atoms with van der Waals surface area (Å²) in [6, 6.07) is 10.5. The molecule has 6 heteroatoms. The van der Waals surface area contributed by atoms with Crippen LogP contribution in [0.5, 0.6) is 0 Å². The molecular weight excluding hydrogens is 308 g/mol.